The Morgan fingerprint density at radius 2 is 2.03 bits per heavy atom. The van der Waals surface area contributed by atoms with Crippen molar-refractivity contribution >= 4 is 23.5 Å². The molecular weight excluding hydrogens is 381 g/mol. The zero-order valence-electron chi connectivity index (χ0n) is 17.1. The number of benzene rings is 1. The minimum absolute atomic E-state index is 0.0730. The van der Waals surface area contributed by atoms with Crippen molar-refractivity contribution < 1.29 is 33.0 Å². The van der Waals surface area contributed by atoms with Crippen LogP contribution >= 0.6 is 0 Å². The zero-order valence-corrected chi connectivity index (χ0v) is 17.1. The largest absolute Gasteiger partial charge is 0.496 e. The summed E-state index contributed by atoms with van der Waals surface area (Å²) >= 11 is 0. The van der Waals surface area contributed by atoms with Gasteiger partial charge >= 0.3 is 11.9 Å². The molecule has 0 spiro atoms. The quantitative estimate of drug-likeness (QED) is 0.498. The number of alkyl halides is 1. The Labute approximate surface area is 169 Å². The van der Waals surface area contributed by atoms with Gasteiger partial charge in [0.1, 0.15) is 12.4 Å². The molecule has 1 N–H and O–H groups in total. The summed E-state index contributed by atoms with van der Waals surface area (Å²) in [5, 5.41) is 2.49. The number of nitrogens with one attached hydrogen (secondary N) is 1. The van der Waals surface area contributed by atoms with Crippen LogP contribution in [0.15, 0.2) is 11.6 Å². The van der Waals surface area contributed by atoms with Crippen LogP contribution in [0, 0.1) is 6.92 Å². The number of methoxy groups -OCH3 is 1. The van der Waals surface area contributed by atoms with Crippen LogP contribution in [0.4, 0.5) is 10.1 Å². The monoisotopic (exact) mass is 407 g/mol. The molecule has 0 unspecified atom stereocenters. The predicted octanol–water partition coefficient (Wildman–Crippen LogP) is 3.41. The first-order valence-corrected chi connectivity index (χ1v) is 9.40. The van der Waals surface area contributed by atoms with E-state index >= 15 is 0 Å². The summed E-state index contributed by atoms with van der Waals surface area (Å²) < 4.78 is 28.4. The molecule has 158 valence electrons. The number of cyclic esters (lactones) is 1. The molecule has 1 aliphatic rings. The smallest absolute Gasteiger partial charge is 0.341 e. The molecule has 1 aliphatic heterocycles. The van der Waals surface area contributed by atoms with Crippen LogP contribution in [0.2, 0.25) is 0 Å². The molecule has 0 aliphatic carbocycles. The van der Waals surface area contributed by atoms with Crippen molar-refractivity contribution in [2.45, 2.75) is 46.6 Å². The number of anilines is 1. The van der Waals surface area contributed by atoms with Gasteiger partial charge in [-0.25, -0.2) is 9.18 Å². The maximum Gasteiger partial charge on any atom is 0.341 e. The van der Waals surface area contributed by atoms with Crippen molar-refractivity contribution in [1.82, 2.24) is 0 Å². The number of allylic oxidation sites excluding steroid dienone is 2. The Balaban J connectivity index is 2.41. The fourth-order valence-electron chi connectivity index (χ4n) is 3.27. The topological polar surface area (TPSA) is 90.9 Å². The molecule has 1 aromatic rings. The molecule has 1 aromatic carbocycles. The van der Waals surface area contributed by atoms with Gasteiger partial charge in [-0.1, -0.05) is 11.6 Å². The van der Waals surface area contributed by atoms with Crippen molar-refractivity contribution in [3.63, 3.8) is 0 Å². The molecule has 0 atom stereocenters. The lowest BCUT2D eigenvalue weighted by Gasteiger charge is -2.19. The highest BCUT2D eigenvalue weighted by atomic mass is 19.1. The third kappa shape index (κ3) is 5.13. The van der Waals surface area contributed by atoms with Crippen LogP contribution in [-0.4, -0.2) is 38.2 Å². The van der Waals surface area contributed by atoms with Gasteiger partial charge in [0.05, 0.1) is 25.0 Å². The van der Waals surface area contributed by atoms with E-state index in [2.05, 4.69) is 5.32 Å². The highest BCUT2D eigenvalue weighted by Crippen LogP contribution is 2.41. The van der Waals surface area contributed by atoms with Crippen molar-refractivity contribution in [3.8, 4) is 5.75 Å². The third-order valence-electron chi connectivity index (χ3n) is 4.75. The molecule has 1 amide bonds. The molecule has 0 saturated carbocycles. The van der Waals surface area contributed by atoms with E-state index in [9.17, 15) is 18.8 Å². The summed E-state index contributed by atoms with van der Waals surface area (Å²) in [5.74, 6) is -1.19. The maximum absolute atomic E-state index is 12.9. The molecular formula is C21H26FNO6. The van der Waals surface area contributed by atoms with Gasteiger partial charge in [0.25, 0.3) is 5.91 Å². The van der Waals surface area contributed by atoms with Crippen LogP contribution in [-0.2, 0) is 32.1 Å². The number of fused-ring (bicyclic) bond motifs is 1. The number of hydrogen-bond donors (Lipinski definition) is 1. The number of esters is 2. The van der Waals surface area contributed by atoms with Crippen molar-refractivity contribution in [1.29, 1.82) is 0 Å². The van der Waals surface area contributed by atoms with Gasteiger partial charge in [-0.05, 0) is 39.2 Å². The molecule has 2 rings (SSSR count). The van der Waals surface area contributed by atoms with Crippen LogP contribution in [0.1, 0.15) is 53.7 Å². The molecule has 8 heteroatoms. The molecule has 7 nitrogen and oxygen atoms in total. The molecule has 0 fully saturated rings. The normalized spacial score (nSPS) is 13.0. The average Bonchev–Trinajstić information content (AvgIpc) is 3.09. The van der Waals surface area contributed by atoms with E-state index in [0.29, 0.717) is 36.3 Å². The van der Waals surface area contributed by atoms with E-state index < -0.39 is 18.6 Å². The van der Waals surface area contributed by atoms with Gasteiger partial charge in [-0.2, -0.15) is 0 Å². The summed E-state index contributed by atoms with van der Waals surface area (Å²) in [7, 11) is 1.49. The second-order valence-corrected chi connectivity index (χ2v) is 6.68. The van der Waals surface area contributed by atoms with Gasteiger partial charge < -0.3 is 19.5 Å². The van der Waals surface area contributed by atoms with Gasteiger partial charge in [0.2, 0.25) is 0 Å². The summed E-state index contributed by atoms with van der Waals surface area (Å²) in [6.07, 6.45) is 2.98. The number of rotatable bonds is 9. The number of ether oxygens (including phenoxy) is 3. The Morgan fingerprint density at radius 3 is 2.66 bits per heavy atom. The van der Waals surface area contributed by atoms with Gasteiger partial charge in [0.15, 0.2) is 6.67 Å². The van der Waals surface area contributed by atoms with E-state index in [1.54, 1.807) is 13.8 Å². The van der Waals surface area contributed by atoms with E-state index in [1.165, 1.54) is 7.11 Å². The fraction of sp³-hybridized carbons (Fsp3) is 0.476. The number of carbonyl (C=O) groups excluding carboxylic acids is 3. The van der Waals surface area contributed by atoms with E-state index in [0.717, 1.165) is 11.1 Å². The molecule has 0 bridgehead atoms. The molecule has 0 aromatic heterocycles. The van der Waals surface area contributed by atoms with E-state index in [1.807, 2.05) is 13.0 Å². The number of carbonyl (C=O) groups is 3. The Hall–Kier alpha value is -2.90. The number of hydrogen-bond acceptors (Lipinski definition) is 6. The van der Waals surface area contributed by atoms with Crippen molar-refractivity contribution in [2.24, 2.45) is 0 Å². The lowest BCUT2D eigenvalue weighted by atomic mass is 9.93. The first kappa shape index (κ1) is 22.4. The van der Waals surface area contributed by atoms with Gasteiger partial charge in [-0.15, -0.1) is 0 Å². The second kappa shape index (κ2) is 10.0. The molecule has 0 saturated heterocycles. The minimum Gasteiger partial charge on any atom is -0.496 e. The fourth-order valence-corrected chi connectivity index (χ4v) is 3.27. The molecule has 29 heavy (non-hydrogen) atoms. The van der Waals surface area contributed by atoms with Crippen LogP contribution in [0.5, 0.6) is 5.75 Å². The Morgan fingerprint density at radius 1 is 1.31 bits per heavy atom. The lowest BCUT2D eigenvalue weighted by Crippen LogP contribution is -2.18. The summed E-state index contributed by atoms with van der Waals surface area (Å²) in [5.41, 5.74) is 3.29. The summed E-state index contributed by atoms with van der Waals surface area (Å²) in [4.78, 5) is 35.6. The summed E-state index contributed by atoms with van der Waals surface area (Å²) in [6.45, 7) is 4.63. The first-order chi connectivity index (χ1) is 13.8. The highest BCUT2D eigenvalue weighted by Gasteiger charge is 2.32. The van der Waals surface area contributed by atoms with E-state index in [4.69, 9.17) is 14.2 Å². The van der Waals surface area contributed by atoms with Crippen LogP contribution in [0.3, 0.4) is 0 Å². The van der Waals surface area contributed by atoms with Crippen LogP contribution < -0.4 is 10.1 Å². The van der Waals surface area contributed by atoms with E-state index in [-0.39, 0.29) is 30.2 Å². The zero-order chi connectivity index (χ0) is 21.6. The SMILES string of the molecule is CCOC(=O)CC/C(C)=C/Cc1c(NC(=O)CF)c2c(c(C)c1OC)COC2=O. The van der Waals surface area contributed by atoms with Gasteiger partial charge in [-0.3, -0.25) is 9.59 Å². The Kier molecular flexibility index (Phi) is 7.75. The number of amides is 1. The first-order valence-electron chi connectivity index (χ1n) is 9.40. The number of halogens is 1. The average molecular weight is 407 g/mol. The van der Waals surface area contributed by atoms with Gasteiger partial charge in [0, 0.05) is 17.5 Å². The predicted molar refractivity (Wildman–Crippen MR) is 105 cm³/mol. The second-order valence-electron chi connectivity index (χ2n) is 6.68. The summed E-state index contributed by atoms with van der Waals surface area (Å²) in [6, 6.07) is 0. The standard InChI is InChI=1S/C21H26FNO6/c1-5-28-17(25)9-7-12(2)6-8-14-19(23-16(24)10-22)18-15(11-29-21(18)26)13(3)20(14)27-4/h6H,5,7-11H2,1-4H3,(H,23,24)/b12-6+. The Bertz CT molecular complexity index is 846. The highest BCUT2D eigenvalue weighted by molar-refractivity contribution is 6.06. The minimum atomic E-state index is -1.21. The molecule has 0 radical (unpaired) electrons. The maximum atomic E-state index is 12.9. The lowest BCUT2D eigenvalue weighted by molar-refractivity contribution is -0.143. The third-order valence-corrected chi connectivity index (χ3v) is 4.75. The van der Waals surface area contributed by atoms with Crippen LogP contribution in [0.25, 0.3) is 0 Å². The van der Waals surface area contributed by atoms with Crippen molar-refractivity contribution in [3.05, 3.63) is 33.9 Å². The van der Waals surface area contributed by atoms with Crippen molar-refractivity contribution in [2.75, 3.05) is 25.7 Å². The molecule has 1 heterocycles.